The van der Waals surface area contributed by atoms with Crippen LogP contribution in [-0.4, -0.2) is 190 Å². The number of rotatable bonds is 19. The van der Waals surface area contributed by atoms with E-state index in [2.05, 4.69) is 84.1 Å². The largest absolute Gasteiger partial charge is 1.00 e. The fourth-order valence-electron chi connectivity index (χ4n) is 14.6. The first kappa shape index (κ1) is 104. The maximum atomic E-state index is 13.0. The number of carboxylic acids is 2. The molecule has 34 nitrogen and oxygen atoms in total. The molecule has 0 saturated carbocycles. The summed E-state index contributed by atoms with van der Waals surface area (Å²) in [6, 6.07) is 24.4. The third kappa shape index (κ3) is 26.3. The second-order valence-electron chi connectivity index (χ2n) is 32.3. The predicted octanol–water partition coefficient (Wildman–Crippen LogP) is 8.88. The van der Waals surface area contributed by atoms with Crippen LogP contribution in [0.3, 0.4) is 0 Å². The summed E-state index contributed by atoms with van der Waals surface area (Å²) in [6.45, 7) is 20.2. The molecule has 10 aromatic heterocycles. The Balaban J connectivity index is 0.000000162. The van der Waals surface area contributed by atoms with Gasteiger partial charge in [0.25, 0.3) is 0 Å². The van der Waals surface area contributed by atoms with Gasteiger partial charge in [0.2, 0.25) is 17.3 Å². The minimum atomic E-state index is -1.04. The first-order valence-electron chi connectivity index (χ1n) is 42.2. The molecule has 43 heteroatoms. The van der Waals surface area contributed by atoms with Gasteiger partial charge in [-0.05, 0) is 184 Å². The van der Waals surface area contributed by atoms with Crippen molar-refractivity contribution in [2.75, 3.05) is 19.8 Å². The molecule has 14 heterocycles. The van der Waals surface area contributed by atoms with Crippen LogP contribution in [0.2, 0.25) is 0 Å². The number of Topliss-reactive ketones (excluding diaryl/α,β-unsaturated/α-hetero) is 3. The van der Waals surface area contributed by atoms with Crippen LogP contribution in [-0.2, 0) is 98.5 Å². The molecule has 14 aromatic rings. The number of carbonyl (C=O) groups excluding carboxylic acids is 5. The SMILES string of the molecule is C=Cc1sc(-c2cnn(C)c2C(=O)CO)nc1C.CC(C)(C)OC(=O)CC1CCn2nc(-c3ccc(F)cc3)nc2C1.CCc1sc(-c2cnn(C)c2C(=O)CO)nc1C.Cc1nc(-c2cnn(C)c2C(=O)CO)sc1C.Cl.NC1CCn2nc(-c3ccc(F)cc3)nc2C1.O=C(O)C1CCn2nc(-c3ccc(F)cc3)nc2C1.O=C([O-])C1CCn2nc(-c3ccc(F)cc3)nc2C1.[Na+]. The maximum absolute atomic E-state index is 13.0. The van der Waals surface area contributed by atoms with Gasteiger partial charge in [0.15, 0.2) is 23.3 Å². The van der Waals surface area contributed by atoms with Crippen LogP contribution in [0.25, 0.3) is 83.3 Å². The van der Waals surface area contributed by atoms with E-state index in [0.717, 1.165) is 104 Å². The third-order valence-electron chi connectivity index (χ3n) is 21.6. The summed E-state index contributed by atoms with van der Waals surface area (Å²) in [6.07, 6.45) is 12.9. The first-order chi connectivity index (χ1) is 63.0. The Bertz CT molecular complexity index is 6320. The number of hydrogen-bond acceptors (Lipinski definition) is 29. The molecule has 6 N–H and O–H groups in total. The van der Waals surface area contributed by atoms with Gasteiger partial charge < -0.3 is 40.8 Å². The Morgan fingerprint density at radius 3 is 1.19 bits per heavy atom. The standard InChI is InChI=1S/C18H22FN3O2.2C13H12FN3O2.C12H13FN4.C12H15N3O2S.C12H13N3O2S.C11H13N3O2S.ClH.Na/c1-18(2,3)24-16(23)11-12-8-9-22-15(10-12)20-17(21-22)13-4-6-14(19)7-5-13;2*14-10-3-1-8(2-4-10)12-15-11-7-9(13(18)19)5-6-17(11)16-12;13-9-3-1-8(2-4-9)12-15-11-7-10(14)5-6-17(11)16-12;2*1-4-10-7(2)14-12(18-10)8-5-13-15(3)11(8)9(17)6-16;1-6-7(2)17-11(13-6)8-4-12-14(3)10(8)9(16)5-15;;/h4-7,12H,8-11H2,1-3H3;2*1-4,9H,5-7H2,(H,18,19);1-4,10H,5-7,14H2;5,16H,4,6H2,1-3H3;4-5,16H,1,6H2,2-3H3;4,15H,5H2,1-3H3;1H;/q;;;;;;;;+1/p-1. The summed E-state index contributed by atoms with van der Waals surface area (Å²) in [5.41, 5.74) is 14.6. The molecule has 4 aromatic carbocycles. The van der Waals surface area contributed by atoms with E-state index < -0.39 is 49.2 Å². The summed E-state index contributed by atoms with van der Waals surface area (Å²) >= 11 is 4.55. The minimum Gasteiger partial charge on any atom is -0.550 e. The Kier molecular flexibility index (Phi) is 36.3. The number of carbonyl (C=O) groups is 6. The molecule has 0 spiro atoms. The van der Waals surface area contributed by atoms with Crippen LogP contribution in [0.1, 0.15) is 146 Å². The Morgan fingerprint density at radius 1 is 0.500 bits per heavy atom. The molecule has 18 rings (SSSR count). The van der Waals surface area contributed by atoms with Crippen molar-refractivity contribution in [2.24, 2.45) is 44.6 Å². The first-order valence-corrected chi connectivity index (χ1v) is 44.6. The second kappa shape index (κ2) is 46.8. The van der Waals surface area contributed by atoms with Crippen molar-refractivity contribution >= 4 is 87.8 Å². The number of carboxylic acid groups (broad SMARTS) is 2. The van der Waals surface area contributed by atoms with E-state index in [1.165, 1.54) is 90.1 Å². The number of fused-ring (bicyclic) bond motifs is 4. The zero-order valence-corrected chi connectivity index (χ0v) is 81.0. The molecule has 0 saturated heterocycles. The molecule has 4 aliphatic heterocycles. The van der Waals surface area contributed by atoms with Crippen LogP contribution in [0.15, 0.2) is 122 Å². The number of hydrogen-bond donors (Lipinski definition) is 5. The number of ether oxygens (including phenoxy) is 1. The van der Waals surface area contributed by atoms with Gasteiger partial charge in [-0.2, -0.15) is 35.7 Å². The number of ketones is 3. The molecule has 0 amide bonds. The summed E-state index contributed by atoms with van der Waals surface area (Å²) < 4.78 is 68.6. The number of aliphatic hydroxyl groups excluding tert-OH is 3. The minimum absolute atomic E-state index is 0. The second-order valence-corrected chi connectivity index (χ2v) is 35.6. The number of benzene rings is 4. The monoisotopic (exact) mass is 1920 g/mol. The van der Waals surface area contributed by atoms with Gasteiger partial charge in [0, 0.05) is 134 Å². The topological polar surface area (TPSA) is 457 Å². The molecule has 700 valence electrons. The quantitative estimate of drug-likeness (QED) is 0.0218. The van der Waals surface area contributed by atoms with Gasteiger partial charge in [-0.25, -0.2) is 71.2 Å². The van der Waals surface area contributed by atoms with Crippen molar-refractivity contribution in [3.05, 3.63) is 218 Å². The molecule has 0 radical (unpaired) electrons. The zero-order chi connectivity index (χ0) is 95.1. The number of aliphatic hydroxyl groups is 3. The molecule has 0 fully saturated rings. The number of nitrogens with zero attached hydrogens (tertiary/aromatic N) is 21. The van der Waals surface area contributed by atoms with Crippen molar-refractivity contribution in [3.63, 3.8) is 0 Å². The summed E-state index contributed by atoms with van der Waals surface area (Å²) in [5.74, 6) is 0.493. The Labute approximate surface area is 808 Å². The predicted molar refractivity (Wildman–Crippen MR) is 489 cm³/mol. The normalized spacial score (nSPS) is 14.9. The van der Waals surface area contributed by atoms with E-state index in [-0.39, 0.29) is 101 Å². The fraction of sp³-hybridized carbons (Fsp3) is 0.363. The molecule has 4 atom stereocenters. The number of aryl methyl sites for hydroxylation is 12. The molecule has 4 unspecified atom stereocenters. The van der Waals surface area contributed by atoms with Gasteiger partial charge in [-0.1, -0.05) is 19.6 Å². The van der Waals surface area contributed by atoms with Crippen LogP contribution < -0.4 is 40.4 Å². The van der Waals surface area contributed by atoms with Gasteiger partial charge in [0.1, 0.15) is 104 Å². The fourth-order valence-corrected chi connectivity index (χ4v) is 17.4. The molecule has 0 bridgehead atoms. The number of halogens is 5. The van der Waals surface area contributed by atoms with Gasteiger partial charge in [-0.15, -0.1) is 46.4 Å². The average molecular weight is 1920 g/mol. The van der Waals surface area contributed by atoms with Gasteiger partial charge in [0.05, 0.1) is 58.3 Å². The third-order valence-corrected chi connectivity index (χ3v) is 25.2. The summed E-state index contributed by atoms with van der Waals surface area (Å²) in [5, 5.41) is 78.8. The van der Waals surface area contributed by atoms with Gasteiger partial charge in [-0.3, -0.25) is 38.0 Å². The van der Waals surface area contributed by atoms with E-state index in [1.54, 1.807) is 115 Å². The molecular weight excluding hydrogens is 1820 g/mol. The number of thiazole rings is 3. The molecule has 4 aliphatic rings. The molecule has 134 heavy (non-hydrogen) atoms. The number of esters is 1. The van der Waals surface area contributed by atoms with Crippen LogP contribution in [0.4, 0.5) is 17.6 Å². The van der Waals surface area contributed by atoms with Gasteiger partial charge >= 0.3 is 41.5 Å². The van der Waals surface area contributed by atoms with Crippen molar-refractivity contribution < 1.29 is 106 Å². The van der Waals surface area contributed by atoms with E-state index >= 15 is 0 Å². The van der Waals surface area contributed by atoms with E-state index in [4.69, 9.17) is 30.9 Å². The van der Waals surface area contributed by atoms with Crippen molar-refractivity contribution in [1.29, 1.82) is 0 Å². The summed E-state index contributed by atoms with van der Waals surface area (Å²) in [4.78, 5) is 103. The van der Waals surface area contributed by atoms with E-state index in [1.807, 2.05) is 57.8 Å². The Morgan fingerprint density at radius 2 is 0.843 bits per heavy atom. The van der Waals surface area contributed by atoms with E-state index in [0.29, 0.717) is 131 Å². The average Bonchev–Trinajstić information content (AvgIpc) is 1.65. The van der Waals surface area contributed by atoms with E-state index in [9.17, 15) is 51.4 Å². The molecular formula is C91H100ClF4N22NaO12S3. The number of nitrogens with two attached hydrogens (primary N) is 1. The molecule has 0 aliphatic carbocycles. The van der Waals surface area contributed by atoms with Crippen molar-refractivity contribution in [2.45, 2.75) is 157 Å². The Hall–Kier alpha value is -12.0. The maximum Gasteiger partial charge on any atom is 1.00 e. The summed E-state index contributed by atoms with van der Waals surface area (Å²) in [7, 11) is 5.04. The van der Waals surface area contributed by atoms with Crippen LogP contribution >= 0.6 is 46.4 Å². The van der Waals surface area contributed by atoms with Crippen molar-refractivity contribution in [3.8, 4) is 77.3 Å². The van der Waals surface area contributed by atoms with Crippen LogP contribution in [0, 0.1) is 68.7 Å². The zero-order valence-electron chi connectivity index (χ0n) is 75.8. The number of aromatic nitrogens is 21. The van der Waals surface area contributed by atoms with Crippen molar-refractivity contribution in [1.82, 2.24) is 103 Å². The smallest absolute Gasteiger partial charge is 0.550 e. The number of aliphatic carboxylic acids is 2. The van der Waals surface area contributed by atoms with Crippen LogP contribution in [0.5, 0.6) is 0 Å².